The largest absolute Gasteiger partial charge is 0.315 e. The van der Waals surface area contributed by atoms with Gasteiger partial charge >= 0.3 is 0 Å². The number of hydrogen-bond acceptors (Lipinski definition) is 2. The van der Waals surface area contributed by atoms with Crippen molar-refractivity contribution in [2.45, 2.75) is 34.6 Å². The quantitative estimate of drug-likeness (QED) is 0.512. The Hall–Kier alpha value is 0.310. The second-order valence-electron chi connectivity index (χ2n) is 5.03. The summed E-state index contributed by atoms with van der Waals surface area (Å²) in [6, 6.07) is 0. The molecule has 0 unspecified atom stereocenters. The van der Waals surface area contributed by atoms with E-state index in [1.807, 2.05) is 0 Å². The fraction of sp³-hybridized carbons (Fsp3) is 1.00. The highest BCUT2D eigenvalue weighted by atomic mass is 32.1. The van der Waals surface area contributed by atoms with Crippen molar-refractivity contribution in [1.82, 2.24) is 5.32 Å². The van der Waals surface area contributed by atoms with Crippen molar-refractivity contribution < 1.29 is 0 Å². The maximum Gasteiger partial charge on any atom is 0.00399 e. The van der Waals surface area contributed by atoms with E-state index in [2.05, 4.69) is 52.6 Å². The van der Waals surface area contributed by atoms with Gasteiger partial charge in [0.1, 0.15) is 0 Å². The minimum atomic E-state index is 0.343. The molecule has 0 aliphatic carbocycles. The van der Waals surface area contributed by atoms with Crippen LogP contribution in [0.2, 0.25) is 0 Å². The molecule has 0 rings (SSSR count). The van der Waals surface area contributed by atoms with E-state index in [1.165, 1.54) is 0 Å². The topological polar surface area (TPSA) is 12.0 Å². The molecular formula is C10H23NS. The minimum absolute atomic E-state index is 0.343. The van der Waals surface area contributed by atoms with Gasteiger partial charge in [-0.3, -0.25) is 0 Å². The van der Waals surface area contributed by atoms with Crippen LogP contribution in [0.1, 0.15) is 34.6 Å². The Bertz CT molecular complexity index is 124. The molecule has 0 saturated heterocycles. The van der Waals surface area contributed by atoms with Crippen molar-refractivity contribution in [3.63, 3.8) is 0 Å². The fourth-order valence-corrected chi connectivity index (χ4v) is 0.903. The summed E-state index contributed by atoms with van der Waals surface area (Å²) < 4.78 is 0. The normalized spacial score (nSPS) is 13.5. The molecule has 0 amide bonds. The maximum absolute atomic E-state index is 4.16. The zero-order valence-corrected chi connectivity index (χ0v) is 9.96. The van der Waals surface area contributed by atoms with E-state index in [1.54, 1.807) is 0 Å². The molecule has 2 heteroatoms. The van der Waals surface area contributed by atoms with Gasteiger partial charge in [-0.1, -0.05) is 34.6 Å². The Morgan fingerprint density at radius 1 is 1.08 bits per heavy atom. The van der Waals surface area contributed by atoms with Gasteiger partial charge in [0.05, 0.1) is 0 Å². The van der Waals surface area contributed by atoms with E-state index >= 15 is 0 Å². The van der Waals surface area contributed by atoms with Gasteiger partial charge in [-0.2, -0.15) is 12.6 Å². The SMILES string of the molecule is CC(C)(C)C(C)(C)CNCCS. The molecule has 0 atom stereocenters. The first-order valence-corrected chi connectivity index (χ1v) is 5.26. The summed E-state index contributed by atoms with van der Waals surface area (Å²) in [5.74, 6) is 0.917. The van der Waals surface area contributed by atoms with Gasteiger partial charge in [0.2, 0.25) is 0 Å². The predicted molar refractivity (Wildman–Crippen MR) is 60.0 cm³/mol. The highest BCUT2D eigenvalue weighted by Crippen LogP contribution is 2.36. The third-order valence-corrected chi connectivity index (χ3v) is 3.11. The first-order chi connectivity index (χ1) is 5.31. The minimum Gasteiger partial charge on any atom is -0.315 e. The summed E-state index contributed by atoms with van der Waals surface area (Å²) in [5, 5.41) is 3.41. The van der Waals surface area contributed by atoms with E-state index in [0.717, 1.165) is 18.8 Å². The summed E-state index contributed by atoms with van der Waals surface area (Å²) in [6.45, 7) is 13.5. The van der Waals surface area contributed by atoms with Gasteiger partial charge in [0.25, 0.3) is 0 Å². The highest BCUT2D eigenvalue weighted by molar-refractivity contribution is 7.80. The molecule has 0 heterocycles. The van der Waals surface area contributed by atoms with Crippen molar-refractivity contribution in [3.8, 4) is 0 Å². The van der Waals surface area contributed by atoms with E-state index in [4.69, 9.17) is 0 Å². The molecule has 0 fully saturated rings. The van der Waals surface area contributed by atoms with Crippen LogP contribution < -0.4 is 5.32 Å². The molecule has 1 N–H and O–H groups in total. The van der Waals surface area contributed by atoms with Crippen LogP contribution in [0.4, 0.5) is 0 Å². The predicted octanol–water partition coefficient (Wildman–Crippen LogP) is 2.58. The van der Waals surface area contributed by atoms with Crippen LogP contribution >= 0.6 is 12.6 Å². The average molecular weight is 189 g/mol. The maximum atomic E-state index is 4.16. The molecule has 1 nitrogen and oxygen atoms in total. The molecule has 0 bridgehead atoms. The van der Waals surface area contributed by atoms with Crippen LogP contribution in [-0.4, -0.2) is 18.8 Å². The number of hydrogen-bond donors (Lipinski definition) is 2. The third-order valence-electron chi connectivity index (χ3n) is 2.89. The van der Waals surface area contributed by atoms with Gasteiger partial charge in [0.15, 0.2) is 0 Å². The van der Waals surface area contributed by atoms with Crippen molar-refractivity contribution in [1.29, 1.82) is 0 Å². The van der Waals surface area contributed by atoms with Gasteiger partial charge in [-0.15, -0.1) is 0 Å². The molecule has 0 saturated carbocycles. The zero-order chi connectivity index (χ0) is 9.83. The molecule has 0 aliphatic rings. The third kappa shape index (κ3) is 3.81. The summed E-state index contributed by atoms with van der Waals surface area (Å²) in [7, 11) is 0. The van der Waals surface area contributed by atoms with Gasteiger partial charge in [-0.25, -0.2) is 0 Å². The van der Waals surface area contributed by atoms with Crippen LogP contribution in [0.15, 0.2) is 0 Å². The lowest BCUT2D eigenvalue weighted by Crippen LogP contribution is -2.40. The Kier molecular flexibility index (Phi) is 4.64. The number of thiol groups is 1. The molecule has 0 aliphatic heterocycles. The molecular weight excluding hydrogens is 166 g/mol. The van der Waals surface area contributed by atoms with Crippen LogP contribution in [0.25, 0.3) is 0 Å². The number of rotatable bonds is 4. The lowest BCUT2D eigenvalue weighted by molar-refractivity contribution is 0.130. The van der Waals surface area contributed by atoms with E-state index < -0.39 is 0 Å². The van der Waals surface area contributed by atoms with Crippen molar-refractivity contribution in [3.05, 3.63) is 0 Å². The monoisotopic (exact) mass is 189 g/mol. The summed E-state index contributed by atoms with van der Waals surface area (Å²) >= 11 is 4.16. The van der Waals surface area contributed by atoms with Crippen molar-refractivity contribution in [2.75, 3.05) is 18.8 Å². The molecule has 0 spiro atoms. The van der Waals surface area contributed by atoms with E-state index in [-0.39, 0.29) is 0 Å². The first-order valence-electron chi connectivity index (χ1n) is 4.63. The van der Waals surface area contributed by atoms with Crippen LogP contribution in [0.5, 0.6) is 0 Å². The smallest absolute Gasteiger partial charge is 0.00399 e. The van der Waals surface area contributed by atoms with Gasteiger partial charge < -0.3 is 5.32 Å². The van der Waals surface area contributed by atoms with Crippen molar-refractivity contribution >= 4 is 12.6 Å². The molecule has 0 radical (unpaired) electrons. The summed E-state index contributed by atoms with van der Waals surface area (Å²) in [6.07, 6.45) is 0. The highest BCUT2D eigenvalue weighted by Gasteiger charge is 2.31. The van der Waals surface area contributed by atoms with Crippen LogP contribution in [0.3, 0.4) is 0 Å². The Morgan fingerprint density at radius 2 is 1.58 bits per heavy atom. The Labute approximate surface area is 82.7 Å². The van der Waals surface area contributed by atoms with Gasteiger partial charge in [0, 0.05) is 18.8 Å². The summed E-state index contributed by atoms with van der Waals surface area (Å²) in [5.41, 5.74) is 0.701. The molecule has 0 aromatic heterocycles. The lowest BCUT2D eigenvalue weighted by Gasteiger charge is -2.39. The molecule has 74 valence electrons. The molecule has 12 heavy (non-hydrogen) atoms. The lowest BCUT2D eigenvalue weighted by atomic mass is 9.69. The molecule has 0 aromatic carbocycles. The van der Waals surface area contributed by atoms with Crippen LogP contribution in [0, 0.1) is 10.8 Å². The zero-order valence-electron chi connectivity index (χ0n) is 9.07. The van der Waals surface area contributed by atoms with Crippen LogP contribution in [-0.2, 0) is 0 Å². The Balaban J connectivity index is 3.88. The summed E-state index contributed by atoms with van der Waals surface area (Å²) in [4.78, 5) is 0. The fourth-order valence-electron chi connectivity index (χ4n) is 0.745. The first kappa shape index (κ1) is 12.3. The number of nitrogens with one attached hydrogen (secondary N) is 1. The standard InChI is InChI=1S/C10H23NS/c1-9(2,3)10(4,5)8-11-6-7-12/h11-12H,6-8H2,1-5H3. The van der Waals surface area contributed by atoms with E-state index in [0.29, 0.717) is 10.8 Å². The second-order valence-corrected chi connectivity index (χ2v) is 5.48. The second kappa shape index (κ2) is 4.52. The van der Waals surface area contributed by atoms with Crippen molar-refractivity contribution in [2.24, 2.45) is 10.8 Å². The Morgan fingerprint density at radius 3 is 1.92 bits per heavy atom. The average Bonchev–Trinajstić information content (AvgIpc) is 1.85. The van der Waals surface area contributed by atoms with E-state index in [9.17, 15) is 0 Å². The van der Waals surface area contributed by atoms with Gasteiger partial charge in [-0.05, 0) is 10.8 Å². The molecule has 0 aromatic rings.